The summed E-state index contributed by atoms with van der Waals surface area (Å²) in [5, 5.41) is 5.13. The highest BCUT2D eigenvalue weighted by Gasteiger charge is 2.30. The van der Waals surface area contributed by atoms with Crippen LogP contribution < -0.4 is 9.62 Å². The molecular weight excluding hydrogens is 396 g/mol. The predicted octanol–water partition coefficient (Wildman–Crippen LogP) is 4.59. The topological polar surface area (TPSA) is 66.5 Å². The van der Waals surface area contributed by atoms with Crippen molar-refractivity contribution in [2.24, 2.45) is 0 Å². The molecule has 0 saturated heterocycles. The zero-order chi connectivity index (χ0) is 20.5. The number of nitrogens with zero attached hydrogens (tertiary/aromatic N) is 1. The van der Waals surface area contributed by atoms with E-state index in [1.165, 1.54) is 0 Å². The number of aryl methyl sites for hydroxylation is 1. The minimum atomic E-state index is -3.72. The van der Waals surface area contributed by atoms with Crippen molar-refractivity contribution in [1.82, 2.24) is 0 Å². The normalized spacial score (nSPS) is 12.6. The number of carbonyl (C=O) groups excluding carboxylic acids is 1. The summed E-state index contributed by atoms with van der Waals surface area (Å²) >= 11 is 6.07. The molecule has 0 bridgehead atoms. The van der Waals surface area contributed by atoms with Gasteiger partial charge >= 0.3 is 0 Å². The Hall–Kier alpha value is -2.57. The number of fused-ring (bicyclic) bond motifs is 1. The summed E-state index contributed by atoms with van der Waals surface area (Å²) in [6.45, 7) is 3.33. The Balaban J connectivity index is 1.98. The summed E-state index contributed by atoms with van der Waals surface area (Å²) in [5.74, 6) is -0.429. The fraction of sp³-hybridized carbons (Fsp3) is 0.190. The van der Waals surface area contributed by atoms with Crippen LogP contribution in [0.3, 0.4) is 0 Å². The van der Waals surface area contributed by atoms with E-state index in [-0.39, 0.29) is 0 Å². The number of sulfonamides is 1. The molecule has 28 heavy (non-hydrogen) atoms. The van der Waals surface area contributed by atoms with E-state index in [4.69, 9.17) is 11.6 Å². The van der Waals surface area contributed by atoms with Gasteiger partial charge in [0, 0.05) is 16.1 Å². The Morgan fingerprint density at radius 3 is 2.46 bits per heavy atom. The van der Waals surface area contributed by atoms with Gasteiger partial charge in [-0.05, 0) is 43.0 Å². The van der Waals surface area contributed by atoms with Crippen LogP contribution in [0.15, 0.2) is 60.7 Å². The van der Waals surface area contributed by atoms with Crippen LogP contribution in [0.25, 0.3) is 10.8 Å². The van der Waals surface area contributed by atoms with Crippen LogP contribution in [0.1, 0.15) is 12.5 Å². The summed E-state index contributed by atoms with van der Waals surface area (Å²) in [4.78, 5) is 13.0. The molecule has 3 rings (SSSR count). The first-order valence-electron chi connectivity index (χ1n) is 8.72. The lowest BCUT2D eigenvalue weighted by Crippen LogP contribution is -2.45. The van der Waals surface area contributed by atoms with Crippen molar-refractivity contribution in [3.8, 4) is 0 Å². The molecule has 0 radical (unpaired) electrons. The SMILES string of the molecule is Cc1ccc(Cl)cc1N([C@H](C)C(=O)Nc1cccc2ccccc12)S(C)(=O)=O. The molecule has 0 aromatic heterocycles. The molecule has 1 atom stereocenters. The first-order valence-corrected chi connectivity index (χ1v) is 11.0. The van der Waals surface area contributed by atoms with Gasteiger partial charge in [-0.1, -0.05) is 54.1 Å². The van der Waals surface area contributed by atoms with Gasteiger partial charge in [-0.3, -0.25) is 9.10 Å². The lowest BCUT2D eigenvalue weighted by Gasteiger charge is -2.29. The molecule has 1 N–H and O–H groups in total. The number of carbonyl (C=O) groups is 1. The Bertz CT molecular complexity index is 1140. The molecule has 0 heterocycles. The molecule has 3 aromatic carbocycles. The quantitative estimate of drug-likeness (QED) is 0.661. The van der Waals surface area contributed by atoms with Crippen LogP contribution in [0, 0.1) is 6.92 Å². The van der Waals surface area contributed by atoms with Crippen molar-refractivity contribution >= 4 is 49.7 Å². The Labute approximate surface area is 170 Å². The smallest absolute Gasteiger partial charge is 0.248 e. The number of amides is 1. The first kappa shape index (κ1) is 20.2. The van der Waals surface area contributed by atoms with E-state index < -0.39 is 22.0 Å². The zero-order valence-electron chi connectivity index (χ0n) is 15.8. The van der Waals surface area contributed by atoms with Gasteiger partial charge in [0.25, 0.3) is 0 Å². The van der Waals surface area contributed by atoms with Crippen LogP contribution in [0.5, 0.6) is 0 Å². The number of hydrogen-bond acceptors (Lipinski definition) is 3. The van der Waals surface area contributed by atoms with Gasteiger partial charge in [0.2, 0.25) is 15.9 Å². The van der Waals surface area contributed by atoms with Crippen molar-refractivity contribution in [1.29, 1.82) is 0 Å². The maximum atomic E-state index is 13.0. The van der Waals surface area contributed by atoms with Gasteiger partial charge in [0.1, 0.15) is 6.04 Å². The Kier molecular flexibility index (Phi) is 5.63. The molecule has 7 heteroatoms. The van der Waals surface area contributed by atoms with E-state index in [1.54, 1.807) is 38.1 Å². The molecule has 0 aliphatic rings. The molecule has 1 amide bonds. The number of benzene rings is 3. The molecule has 0 aliphatic heterocycles. The third-order valence-electron chi connectivity index (χ3n) is 4.54. The van der Waals surface area contributed by atoms with E-state index in [9.17, 15) is 13.2 Å². The number of hydrogen-bond donors (Lipinski definition) is 1. The monoisotopic (exact) mass is 416 g/mol. The van der Waals surface area contributed by atoms with Crippen LogP contribution in [-0.4, -0.2) is 26.6 Å². The number of nitrogens with one attached hydrogen (secondary N) is 1. The average molecular weight is 417 g/mol. The van der Waals surface area contributed by atoms with Gasteiger partial charge in [-0.25, -0.2) is 8.42 Å². The zero-order valence-corrected chi connectivity index (χ0v) is 17.4. The van der Waals surface area contributed by atoms with Gasteiger partial charge in [-0.15, -0.1) is 0 Å². The second-order valence-electron chi connectivity index (χ2n) is 6.68. The van der Waals surface area contributed by atoms with E-state index in [0.29, 0.717) is 22.0 Å². The molecule has 0 saturated carbocycles. The first-order chi connectivity index (χ1) is 13.2. The van der Waals surface area contributed by atoms with Crippen LogP contribution >= 0.6 is 11.6 Å². The summed E-state index contributed by atoms with van der Waals surface area (Å²) in [6, 6.07) is 17.3. The summed E-state index contributed by atoms with van der Waals surface area (Å²) in [5.41, 5.74) is 1.72. The molecule has 0 aliphatic carbocycles. The second kappa shape index (κ2) is 7.81. The van der Waals surface area contributed by atoms with Gasteiger partial charge in [0.15, 0.2) is 0 Å². The number of anilines is 2. The van der Waals surface area contributed by atoms with Crippen LogP contribution in [-0.2, 0) is 14.8 Å². The highest BCUT2D eigenvalue weighted by atomic mass is 35.5. The van der Waals surface area contributed by atoms with Crippen molar-refractivity contribution in [3.05, 3.63) is 71.2 Å². The Morgan fingerprint density at radius 2 is 1.75 bits per heavy atom. The minimum Gasteiger partial charge on any atom is -0.324 e. The molecule has 0 spiro atoms. The highest BCUT2D eigenvalue weighted by Crippen LogP contribution is 2.29. The third-order valence-corrected chi connectivity index (χ3v) is 6.01. The molecule has 146 valence electrons. The van der Waals surface area contributed by atoms with E-state index in [1.807, 2.05) is 36.4 Å². The predicted molar refractivity (Wildman–Crippen MR) is 116 cm³/mol. The highest BCUT2D eigenvalue weighted by molar-refractivity contribution is 7.92. The number of rotatable bonds is 5. The maximum Gasteiger partial charge on any atom is 0.248 e. The lowest BCUT2D eigenvalue weighted by molar-refractivity contribution is -0.116. The van der Waals surface area contributed by atoms with Gasteiger partial charge in [0.05, 0.1) is 11.9 Å². The third kappa shape index (κ3) is 4.13. The molecular formula is C21H21ClN2O3S. The number of halogens is 1. The fourth-order valence-corrected chi connectivity index (χ4v) is 4.56. The minimum absolute atomic E-state index is 0.385. The summed E-state index contributed by atoms with van der Waals surface area (Å²) in [6.07, 6.45) is 1.08. The van der Waals surface area contributed by atoms with E-state index in [0.717, 1.165) is 21.3 Å². The molecule has 0 unspecified atom stereocenters. The second-order valence-corrected chi connectivity index (χ2v) is 8.98. The van der Waals surface area contributed by atoms with E-state index >= 15 is 0 Å². The molecule has 0 fully saturated rings. The maximum absolute atomic E-state index is 13.0. The van der Waals surface area contributed by atoms with Gasteiger partial charge in [-0.2, -0.15) is 0 Å². The van der Waals surface area contributed by atoms with Gasteiger partial charge < -0.3 is 5.32 Å². The molecule has 5 nitrogen and oxygen atoms in total. The standard InChI is InChI=1S/C21H21ClN2O3S/c1-14-11-12-17(22)13-20(14)24(28(3,26)27)15(2)21(25)23-19-10-6-8-16-7-4-5-9-18(16)19/h4-13,15H,1-3H3,(H,23,25)/t15-/m1/s1. The van der Waals surface area contributed by atoms with Crippen molar-refractivity contribution in [3.63, 3.8) is 0 Å². The van der Waals surface area contributed by atoms with Crippen molar-refractivity contribution < 1.29 is 13.2 Å². The fourth-order valence-electron chi connectivity index (χ4n) is 3.17. The summed E-state index contributed by atoms with van der Waals surface area (Å²) in [7, 11) is -3.72. The summed E-state index contributed by atoms with van der Waals surface area (Å²) < 4.78 is 26.1. The van der Waals surface area contributed by atoms with Crippen molar-refractivity contribution in [2.75, 3.05) is 15.9 Å². The van der Waals surface area contributed by atoms with Crippen LogP contribution in [0.4, 0.5) is 11.4 Å². The van der Waals surface area contributed by atoms with Crippen molar-refractivity contribution in [2.45, 2.75) is 19.9 Å². The van der Waals surface area contributed by atoms with Crippen LogP contribution in [0.2, 0.25) is 5.02 Å². The average Bonchev–Trinajstić information content (AvgIpc) is 2.64. The lowest BCUT2D eigenvalue weighted by atomic mass is 10.1. The Morgan fingerprint density at radius 1 is 1.07 bits per heavy atom. The molecule has 3 aromatic rings. The van der Waals surface area contributed by atoms with E-state index in [2.05, 4.69) is 5.32 Å². The largest absolute Gasteiger partial charge is 0.324 e.